The molecular formula is C16H21N3O. The number of hydrogen-bond donors (Lipinski definition) is 1. The van der Waals surface area contributed by atoms with Crippen molar-refractivity contribution < 1.29 is 4.74 Å². The van der Waals surface area contributed by atoms with Gasteiger partial charge in [-0.15, -0.1) is 0 Å². The van der Waals surface area contributed by atoms with Gasteiger partial charge in [0, 0.05) is 18.2 Å². The predicted molar refractivity (Wildman–Crippen MR) is 82.2 cm³/mol. The Kier molecular flexibility index (Phi) is 4.93. The molecule has 0 unspecified atom stereocenters. The zero-order valence-corrected chi connectivity index (χ0v) is 12.3. The van der Waals surface area contributed by atoms with E-state index in [2.05, 4.69) is 28.3 Å². The molecule has 20 heavy (non-hydrogen) atoms. The number of nitrogens with one attached hydrogen (secondary N) is 1. The van der Waals surface area contributed by atoms with Crippen LogP contribution in [0.4, 0.5) is 5.82 Å². The summed E-state index contributed by atoms with van der Waals surface area (Å²) in [5.74, 6) is 1.77. The molecule has 0 fully saturated rings. The number of benzene rings is 1. The molecular weight excluding hydrogens is 250 g/mol. The van der Waals surface area contributed by atoms with Crippen molar-refractivity contribution in [3.63, 3.8) is 0 Å². The molecule has 0 aliphatic carbocycles. The number of anilines is 1. The van der Waals surface area contributed by atoms with Gasteiger partial charge in [-0.3, -0.25) is 0 Å². The summed E-state index contributed by atoms with van der Waals surface area (Å²) in [7, 11) is 1.89. The van der Waals surface area contributed by atoms with Crippen LogP contribution >= 0.6 is 0 Å². The van der Waals surface area contributed by atoms with Crippen molar-refractivity contribution in [2.24, 2.45) is 0 Å². The molecule has 0 saturated heterocycles. The standard InChI is InChI=1S/C16H21N3O/c1-4-7-14-15(18-11-19-16(14)17-3)12-8-6-9-13(10-12)20-5-2/h6,8-11H,4-5,7H2,1-3H3,(H,17,18,19). The van der Waals surface area contributed by atoms with E-state index >= 15 is 0 Å². The van der Waals surface area contributed by atoms with Crippen molar-refractivity contribution in [1.29, 1.82) is 0 Å². The van der Waals surface area contributed by atoms with Crippen LogP contribution in [0.3, 0.4) is 0 Å². The van der Waals surface area contributed by atoms with Crippen LogP contribution in [0.25, 0.3) is 11.3 Å². The summed E-state index contributed by atoms with van der Waals surface area (Å²) in [6.07, 6.45) is 3.61. The van der Waals surface area contributed by atoms with Crippen LogP contribution in [0.2, 0.25) is 0 Å². The Bertz CT molecular complexity index is 569. The van der Waals surface area contributed by atoms with Gasteiger partial charge in [0.1, 0.15) is 17.9 Å². The number of nitrogens with zero attached hydrogens (tertiary/aromatic N) is 2. The fourth-order valence-electron chi connectivity index (χ4n) is 2.26. The van der Waals surface area contributed by atoms with E-state index < -0.39 is 0 Å². The van der Waals surface area contributed by atoms with Crippen LogP contribution in [0.5, 0.6) is 5.75 Å². The molecule has 1 aromatic carbocycles. The van der Waals surface area contributed by atoms with E-state index in [1.54, 1.807) is 6.33 Å². The van der Waals surface area contributed by atoms with Crippen molar-refractivity contribution >= 4 is 5.82 Å². The van der Waals surface area contributed by atoms with Gasteiger partial charge in [0.15, 0.2) is 0 Å². The van der Waals surface area contributed by atoms with Crippen LogP contribution in [0, 0.1) is 0 Å². The van der Waals surface area contributed by atoms with Crippen molar-refractivity contribution in [2.75, 3.05) is 19.0 Å². The molecule has 4 heteroatoms. The molecule has 0 radical (unpaired) electrons. The van der Waals surface area contributed by atoms with Gasteiger partial charge < -0.3 is 10.1 Å². The summed E-state index contributed by atoms with van der Waals surface area (Å²) in [4.78, 5) is 8.78. The first-order valence-corrected chi connectivity index (χ1v) is 7.05. The van der Waals surface area contributed by atoms with E-state index in [1.807, 2.05) is 32.2 Å². The number of hydrogen-bond acceptors (Lipinski definition) is 4. The lowest BCUT2D eigenvalue weighted by atomic mass is 10.0. The molecule has 2 rings (SSSR count). The summed E-state index contributed by atoms with van der Waals surface area (Å²) < 4.78 is 5.57. The number of aromatic nitrogens is 2. The summed E-state index contributed by atoms with van der Waals surface area (Å²) in [5.41, 5.74) is 3.21. The van der Waals surface area contributed by atoms with Crippen molar-refractivity contribution in [1.82, 2.24) is 9.97 Å². The molecule has 2 aromatic rings. The van der Waals surface area contributed by atoms with Crippen LogP contribution in [-0.2, 0) is 6.42 Å². The summed E-state index contributed by atoms with van der Waals surface area (Å²) in [5, 5.41) is 3.15. The second-order valence-electron chi connectivity index (χ2n) is 4.51. The van der Waals surface area contributed by atoms with Gasteiger partial charge in [-0.05, 0) is 25.5 Å². The van der Waals surface area contributed by atoms with Crippen LogP contribution < -0.4 is 10.1 Å². The fraction of sp³-hybridized carbons (Fsp3) is 0.375. The Balaban J connectivity index is 2.48. The third-order valence-electron chi connectivity index (χ3n) is 3.10. The molecule has 0 aliphatic heterocycles. The number of ether oxygens (including phenoxy) is 1. The van der Waals surface area contributed by atoms with E-state index in [-0.39, 0.29) is 0 Å². The Hall–Kier alpha value is -2.10. The molecule has 1 heterocycles. The first-order valence-electron chi connectivity index (χ1n) is 7.05. The molecule has 1 aromatic heterocycles. The average molecular weight is 271 g/mol. The SMILES string of the molecule is CCCc1c(NC)ncnc1-c1cccc(OCC)c1. The van der Waals surface area contributed by atoms with Gasteiger partial charge in [-0.25, -0.2) is 9.97 Å². The van der Waals surface area contributed by atoms with Gasteiger partial charge in [0.05, 0.1) is 12.3 Å². The normalized spacial score (nSPS) is 10.3. The Morgan fingerprint density at radius 3 is 2.75 bits per heavy atom. The lowest BCUT2D eigenvalue weighted by Crippen LogP contribution is -2.03. The molecule has 0 bridgehead atoms. The largest absolute Gasteiger partial charge is 0.494 e. The van der Waals surface area contributed by atoms with Crippen molar-refractivity contribution in [2.45, 2.75) is 26.7 Å². The molecule has 0 atom stereocenters. The molecule has 106 valence electrons. The van der Waals surface area contributed by atoms with Crippen molar-refractivity contribution in [3.05, 3.63) is 36.2 Å². The van der Waals surface area contributed by atoms with Gasteiger partial charge in [-0.1, -0.05) is 25.5 Å². The van der Waals surface area contributed by atoms with E-state index in [0.717, 1.165) is 41.2 Å². The van der Waals surface area contributed by atoms with Gasteiger partial charge in [-0.2, -0.15) is 0 Å². The fourth-order valence-corrected chi connectivity index (χ4v) is 2.26. The van der Waals surface area contributed by atoms with Gasteiger partial charge >= 0.3 is 0 Å². The Morgan fingerprint density at radius 2 is 2.05 bits per heavy atom. The molecule has 0 aliphatic rings. The highest BCUT2D eigenvalue weighted by atomic mass is 16.5. The Labute approximate surface area is 120 Å². The highest BCUT2D eigenvalue weighted by molar-refractivity contribution is 5.69. The van der Waals surface area contributed by atoms with Gasteiger partial charge in [0.25, 0.3) is 0 Å². The first-order chi connectivity index (χ1) is 9.80. The lowest BCUT2D eigenvalue weighted by Gasteiger charge is -2.13. The highest BCUT2D eigenvalue weighted by Gasteiger charge is 2.12. The zero-order valence-electron chi connectivity index (χ0n) is 12.3. The maximum absolute atomic E-state index is 5.57. The number of rotatable bonds is 6. The minimum Gasteiger partial charge on any atom is -0.494 e. The topological polar surface area (TPSA) is 47.0 Å². The first kappa shape index (κ1) is 14.3. The summed E-state index contributed by atoms with van der Waals surface area (Å²) in [6, 6.07) is 8.05. The van der Waals surface area contributed by atoms with E-state index in [1.165, 1.54) is 0 Å². The summed E-state index contributed by atoms with van der Waals surface area (Å²) >= 11 is 0. The predicted octanol–water partition coefficient (Wildman–Crippen LogP) is 3.54. The maximum atomic E-state index is 5.57. The zero-order chi connectivity index (χ0) is 14.4. The van der Waals surface area contributed by atoms with Gasteiger partial charge in [0.2, 0.25) is 0 Å². The highest BCUT2D eigenvalue weighted by Crippen LogP contribution is 2.29. The van der Waals surface area contributed by atoms with E-state index in [0.29, 0.717) is 6.61 Å². The average Bonchev–Trinajstić information content (AvgIpc) is 2.48. The summed E-state index contributed by atoms with van der Waals surface area (Å²) in [6.45, 7) is 4.81. The third kappa shape index (κ3) is 3.07. The second kappa shape index (κ2) is 6.89. The quantitative estimate of drug-likeness (QED) is 0.873. The second-order valence-corrected chi connectivity index (χ2v) is 4.51. The van der Waals surface area contributed by atoms with Crippen LogP contribution in [0.1, 0.15) is 25.8 Å². The lowest BCUT2D eigenvalue weighted by molar-refractivity contribution is 0.340. The molecule has 0 spiro atoms. The minimum atomic E-state index is 0.664. The van der Waals surface area contributed by atoms with Crippen molar-refractivity contribution in [3.8, 4) is 17.0 Å². The smallest absolute Gasteiger partial charge is 0.132 e. The maximum Gasteiger partial charge on any atom is 0.132 e. The molecule has 0 saturated carbocycles. The van der Waals surface area contributed by atoms with Crippen LogP contribution in [0.15, 0.2) is 30.6 Å². The molecule has 4 nitrogen and oxygen atoms in total. The molecule has 0 amide bonds. The minimum absolute atomic E-state index is 0.664. The van der Waals surface area contributed by atoms with E-state index in [9.17, 15) is 0 Å². The van der Waals surface area contributed by atoms with E-state index in [4.69, 9.17) is 4.74 Å². The third-order valence-corrected chi connectivity index (χ3v) is 3.10. The Morgan fingerprint density at radius 1 is 1.20 bits per heavy atom. The monoisotopic (exact) mass is 271 g/mol. The van der Waals surface area contributed by atoms with Crippen LogP contribution in [-0.4, -0.2) is 23.6 Å². The molecule has 1 N–H and O–H groups in total.